The summed E-state index contributed by atoms with van der Waals surface area (Å²) in [6.07, 6.45) is 6.62. The van der Waals surface area contributed by atoms with Crippen molar-refractivity contribution in [3.63, 3.8) is 0 Å². The molecular formula is C17H23N3O3S. The molecule has 1 atom stereocenters. The minimum absolute atomic E-state index is 0.0923. The number of aromatic nitrogens is 1. The highest BCUT2D eigenvalue weighted by Gasteiger charge is 2.53. The maximum Gasteiger partial charge on any atom is 0.272 e. The van der Waals surface area contributed by atoms with Crippen LogP contribution in [0.15, 0.2) is 24.4 Å². The first-order valence-corrected chi connectivity index (χ1v) is 10.3. The molecule has 2 aliphatic heterocycles. The van der Waals surface area contributed by atoms with Gasteiger partial charge in [-0.3, -0.25) is 9.78 Å². The molecule has 0 unspecified atom stereocenters. The van der Waals surface area contributed by atoms with Crippen molar-refractivity contribution in [1.29, 1.82) is 0 Å². The van der Waals surface area contributed by atoms with Gasteiger partial charge in [-0.2, -0.15) is 4.31 Å². The van der Waals surface area contributed by atoms with Crippen LogP contribution in [0, 0.1) is 0 Å². The monoisotopic (exact) mass is 349 g/mol. The number of carbonyl (C=O) groups excluding carboxylic acids is 1. The lowest BCUT2D eigenvalue weighted by atomic mass is 9.87. The average Bonchev–Trinajstić information content (AvgIpc) is 3.39. The normalized spacial score (nSPS) is 28.4. The first-order chi connectivity index (χ1) is 11.5. The molecule has 6 nitrogen and oxygen atoms in total. The summed E-state index contributed by atoms with van der Waals surface area (Å²) in [5.74, 6) is -0.0923. The number of hydrogen-bond acceptors (Lipinski definition) is 4. The molecule has 0 aromatic carbocycles. The van der Waals surface area contributed by atoms with Gasteiger partial charge in [-0.1, -0.05) is 6.07 Å². The van der Waals surface area contributed by atoms with Crippen LogP contribution in [0.25, 0.3) is 0 Å². The van der Waals surface area contributed by atoms with E-state index in [1.54, 1.807) is 33.6 Å². The van der Waals surface area contributed by atoms with Gasteiger partial charge in [0.1, 0.15) is 5.69 Å². The molecule has 1 amide bonds. The zero-order valence-corrected chi connectivity index (χ0v) is 14.5. The molecule has 1 aromatic heterocycles. The summed E-state index contributed by atoms with van der Waals surface area (Å²) < 4.78 is 27.4. The largest absolute Gasteiger partial charge is 0.335 e. The van der Waals surface area contributed by atoms with Gasteiger partial charge in [0.2, 0.25) is 10.0 Å². The molecule has 3 heterocycles. The first-order valence-electron chi connectivity index (χ1n) is 8.75. The van der Waals surface area contributed by atoms with Crippen LogP contribution in [-0.2, 0) is 10.0 Å². The Balaban J connectivity index is 1.58. The van der Waals surface area contributed by atoms with E-state index in [2.05, 4.69) is 4.98 Å². The number of nitrogens with zero attached hydrogens (tertiary/aromatic N) is 3. The number of carbonyl (C=O) groups is 1. The average molecular weight is 349 g/mol. The molecule has 0 bridgehead atoms. The van der Waals surface area contributed by atoms with E-state index in [4.69, 9.17) is 0 Å². The Morgan fingerprint density at radius 2 is 1.92 bits per heavy atom. The van der Waals surface area contributed by atoms with E-state index in [1.165, 1.54) is 0 Å². The summed E-state index contributed by atoms with van der Waals surface area (Å²) in [6, 6.07) is 5.31. The summed E-state index contributed by atoms with van der Waals surface area (Å²) in [4.78, 5) is 18.7. The molecule has 1 saturated carbocycles. The van der Waals surface area contributed by atoms with Crippen LogP contribution in [0.1, 0.15) is 49.0 Å². The zero-order valence-electron chi connectivity index (χ0n) is 13.7. The quantitative estimate of drug-likeness (QED) is 0.832. The number of amides is 1. The number of piperidine rings is 1. The first kappa shape index (κ1) is 16.0. The molecule has 1 aliphatic carbocycles. The van der Waals surface area contributed by atoms with Crippen LogP contribution >= 0.6 is 0 Å². The lowest BCUT2D eigenvalue weighted by Gasteiger charge is -2.45. The number of rotatable bonds is 3. The third-order valence-electron chi connectivity index (χ3n) is 5.51. The van der Waals surface area contributed by atoms with E-state index < -0.39 is 15.6 Å². The van der Waals surface area contributed by atoms with Crippen molar-refractivity contribution in [3.05, 3.63) is 30.1 Å². The van der Waals surface area contributed by atoms with Crippen LogP contribution in [0.2, 0.25) is 0 Å². The van der Waals surface area contributed by atoms with Crippen molar-refractivity contribution < 1.29 is 13.2 Å². The highest BCUT2D eigenvalue weighted by Crippen LogP contribution is 2.43. The van der Waals surface area contributed by atoms with Crippen LogP contribution < -0.4 is 0 Å². The maximum absolute atomic E-state index is 12.8. The van der Waals surface area contributed by atoms with Crippen LogP contribution in [0.5, 0.6) is 0 Å². The summed E-state index contributed by atoms with van der Waals surface area (Å²) in [5.41, 5.74) is 0.0357. The predicted octanol–water partition coefficient (Wildman–Crippen LogP) is 1.64. The van der Waals surface area contributed by atoms with Crippen LogP contribution in [0.3, 0.4) is 0 Å². The molecule has 3 fully saturated rings. The van der Waals surface area contributed by atoms with Gasteiger partial charge in [-0.15, -0.1) is 0 Å². The molecular weight excluding hydrogens is 326 g/mol. The highest BCUT2D eigenvalue weighted by molar-refractivity contribution is 7.90. The summed E-state index contributed by atoms with van der Waals surface area (Å²) in [6.45, 7) is 1.77. The molecule has 3 aliphatic rings. The minimum atomic E-state index is -3.21. The van der Waals surface area contributed by atoms with Crippen molar-refractivity contribution in [2.75, 3.05) is 19.6 Å². The molecule has 0 N–H and O–H groups in total. The lowest BCUT2D eigenvalue weighted by molar-refractivity contribution is 0.0518. The van der Waals surface area contributed by atoms with Crippen LogP contribution in [-0.4, -0.2) is 58.9 Å². The zero-order chi connectivity index (χ0) is 16.8. The van der Waals surface area contributed by atoms with Gasteiger partial charge in [0.25, 0.3) is 5.91 Å². The second-order valence-corrected chi connectivity index (χ2v) is 9.33. The summed E-state index contributed by atoms with van der Waals surface area (Å²) in [7, 11) is -3.21. The van der Waals surface area contributed by atoms with Gasteiger partial charge in [-0.05, 0) is 50.7 Å². The fraction of sp³-hybridized carbons (Fsp3) is 0.647. The topological polar surface area (TPSA) is 70.6 Å². The van der Waals surface area contributed by atoms with E-state index in [-0.39, 0.29) is 11.2 Å². The van der Waals surface area contributed by atoms with Gasteiger partial charge in [0.05, 0.1) is 10.8 Å². The summed E-state index contributed by atoms with van der Waals surface area (Å²) in [5, 5.41) is -0.186. The van der Waals surface area contributed by atoms with Gasteiger partial charge in [0.15, 0.2) is 0 Å². The third-order valence-corrected chi connectivity index (χ3v) is 8.01. The van der Waals surface area contributed by atoms with Crippen molar-refractivity contribution in [1.82, 2.24) is 14.2 Å². The van der Waals surface area contributed by atoms with Crippen LogP contribution in [0.4, 0.5) is 0 Å². The molecule has 1 spiro atoms. The lowest BCUT2D eigenvalue weighted by Crippen LogP contribution is -2.58. The molecule has 2 saturated heterocycles. The second-order valence-electron chi connectivity index (χ2n) is 7.19. The van der Waals surface area contributed by atoms with E-state index >= 15 is 0 Å². The Morgan fingerprint density at radius 3 is 2.58 bits per heavy atom. The molecule has 7 heteroatoms. The fourth-order valence-corrected chi connectivity index (χ4v) is 6.46. The fourth-order valence-electron chi connectivity index (χ4n) is 4.20. The number of hydrogen-bond donors (Lipinski definition) is 0. The standard InChI is InChI=1S/C17H23N3O3S/c21-16(15-5-1-2-10-18-15)19-11-3-8-17(13-19)9-4-12-20(17)24(22,23)14-6-7-14/h1-2,5,10,14H,3-4,6-9,11-13H2/t17-/m1/s1. The smallest absolute Gasteiger partial charge is 0.272 e. The Kier molecular flexibility index (Phi) is 3.88. The third kappa shape index (κ3) is 2.63. The van der Waals surface area contributed by atoms with Crippen molar-refractivity contribution >= 4 is 15.9 Å². The van der Waals surface area contributed by atoms with E-state index in [0.717, 1.165) is 38.5 Å². The Morgan fingerprint density at radius 1 is 1.17 bits per heavy atom. The number of sulfonamides is 1. The molecule has 24 heavy (non-hydrogen) atoms. The van der Waals surface area contributed by atoms with Gasteiger partial charge in [-0.25, -0.2) is 8.42 Å². The Hall–Kier alpha value is -1.47. The van der Waals surface area contributed by atoms with E-state index in [1.807, 2.05) is 0 Å². The van der Waals surface area contributed by atoms with Crippen molar-refractivity contribution in [2.45, 2.75) is 49.3 Å². The molecule has 1 aromatic rings. The molecule has 0 radical (unpaired) electrons. The van der Waals surface area contributed by atoms with E-state index in [9.17, 15) is 13.2 Å². The summed E-state index contributed by atoms with van der Waals surface area (Å²) >= 11 is 0. The minimum Gasteiger partial charge on any atom is -0.335 e. The number of pyridine rings is 1. The SMILES string of the molecule is O=C(c1ccccn1)N1CCC[C@@]2(CCCN2S(=O)(=O)C2CC2)C1. The van der Waals surface area contributed by atoms with E-state index in [0.29, 0.717) is 25.3 Å². The number of likely N-dealkylation sites (tertiary alicyclic amines) is 1. The Bertz CT molecular complexity index is 733. The van der Waals surface area contributed by atoms with Gasteiger partial charge >= 0.3 is 0 Å². The Labute approximate surface area is 142 Å². The van der Waals surface area contributed by atoms with Crippen molar-refractivity contribution in [3.8, 4) is 0 Å². The van der Waals surface area contributed by atoms with Crippen molar-refractivity contribution in [2.24, 2.45) is 0 Å². The molecule has 4 rings (SSSR count). The predicted molar refractivity (Wildman–Crippen MR) is 90.0 cm³/mol. The second kappa shape index (κ2) is 5.81. The maximum atomic E-state index is 12.8. The molecule has 130 valence electrons. The van der Waals surface area contributed by atoms with Gasteiger partial charge < -0.3 is 4.90 Å². The highest BCUT2D eigenvalue weighted by atomic mass is 32.2. The van der Waals surface area contributed by atoms with Gasteiger partial charge in [0, 0.05) is 25.8 Å².